The van der Waals surface area contributed by atoms with Gasteiger partial charge in [0.25, 0.3) is 11.5 Å². The van der Waals surface area contributed by atoms with Crippen molar-refractivity contribution < 1.29 is 9.53 Å². The molecule has 1 heterocycles. The molecule has 0 saturated carbocycles. The number of amides is 1. The summed E-state index contributed by atoms with van der Waals surface area (Å²) in [6.07, 6.45) is 0.125. The van der Waals surface area contributed by atoms with Crippen molar-refractivity contribution in [1.29, 1.82) is 0 Å². The van der Waals surface area contributed by atoms with E-state index in [4.69, 9.17) is 4.74 Å². The second-order valence-corrected chi connectivity index (χ2v) is 6.57. The molecule has 2 aromatic rings. The van der Waals surface area contributed by atoms with Crippen molar-refractivity contribution in [2.75, 3.05) is 0 Å². The number of carbonyl (C=O) groups is 1. The summed E-state index contributed by atoms with van der Waals surface area (Å²) in [5, 5.41) is 2.81. The van der Waals surface area contributed by atoms with E-state index in [9.17, 15) is 9.59 Å². The van der Waals surface area contributed by atoms with Crippen LogP contribution in [0.25, 0.3) is 0 Å². The van der Waals surface area contributed by atoms with Crippen LogP contribution >= 0.6 is 0 Å². The largest absolute Gasteiger partial charge is 0.371 e. The fraction of sp³-hybridized carbons (Fsp3) is 0.400. The zero-order valence-electron chi connectivity index (χ0n) is 15.5. The molecule has 0 radical (unpaired) electrons. The van der Waals surface area contributed by atoms with Gasteiger partial charge in [-0.25, -0.2) is 0 Å². The summed E-state index contributed by atoms with van der Waals surface area (Å²) in [6.45, 7) is 9.88. The fourth-order valence-electron chi connectivity index (χ4n) is 2.76. The Bertz CT molecular complexity index is 792. The molecule has 1 unspecified atom stereocenters. The number of hydrogen-bond donors (Lipinski definition) is 2. The maximum Gasteiger partial charge on any atom is 0.253 e. The average Bonchev–Trinajstić information content (AvgIpc) is 2.53. The van der Waals surface area contributed by atoms with Crippen LogP contribution < -0.4 is 10.9 Å². The number of rotatable bonds is 6. The highest BCUT2D eigenvalue weighted by molar-refractivity contribution is 5.94. The Labute approximate surface area is 148 Å². The van der Waals surface area contributed by atoms with Crippen molar-refractivity contribution in [3.63, 3.8) is 0 Å². The molecule has 5 nitrogen and oxygen atoms in total. The van der Waals surface area contributed by atoms with Gasteiger partial charge in [-0.15, -0.1) is 0 Å². The summed E-state index contributed by atoms with van der Waals surface area (Å²) < 4.78 is 5.74. The lowest BCUT2D eigenvalue weighted by molar-refractivity contribution is 0.0178. The third kappa shape index (κ3) is 5.03. The summed E-state index contributed by atoms with van der Waals surface area (Å²) in [7, 11) is 0. The summed E-state index contributed by atoms with van der Waals surface area (Å²) in [4.78, 5) is 27.1. The first-order chi connectivity index (χ1) is 11.8. The predicted octanol–water partition coefficient (Wildman–Crippen LogP) is 3.41. The highest BCUT2D eigenvalue weighted by Gasteiger charge is 2.11. The maximum absolute atomic E-state index is 12.3. The minimum absolute atomic E-state index is 0.0223. The van der Waals surface area contributed by atoms with Gasteiger partial charge < -0.3 is 15.0 Å². The van der Waals surface area contributed by atoms with E-state index in [0.717, 1.165) is 16.8 Å². The lowest BCUT2D eigenvalue weighted by Gasteiger charge is -2.16. The van der Waals surface area contributed by atoms with E-state index in [1.807, 2.05) is 52.8 Å². The zero-order valence-corrected chi connectivity index (χ0v) is 15.5. The number of aryl methyl sites for hydroxylation is 2. The monoisotopic (exact) mass is 342 g/mol. The Morgan fingerprint density at radius 1 is 1.16 bits per heavy atom. The van der Waals surface area contributed by atoms with Crippen molar-refractivity contribution in [2.24, 2.45) is 0 Å². The summed E-state index contributed by atoms with van der Waals surface area (Å²) in [6, 6.07) is 9.24. The molecule has 0 bridgehead atoms. The van der Waals surface area contributed by atoms with Crippen LogP contribution in [-0.2, 0) is 11.3 Å². The van der Waals surface area contributed by atoms with Gasteiger partial charge in [0.2, 0.25) is 0 Å². The average molecular weight is 342 g/mol. The molecule has 0 fully saturated rings. The zero-order chi connectivity index (χ0) is 18.6. The van der Waals surface area contributed by atoms with Gasteiger partial charge in [-0.1, -0.05) is 12.1 Å². The van der Waals surface area contributed by atoms with Gasteiger partial charge in [-0.2, -0.15) is 0 Å². The van der Waals surface area contributed by atoms with Crippen LogP contribution in [-0.4, -0.2) is 17.0 Å². The first kappa shape index (κ1) is 18.9. The Morgan fingerprint density at radius 3 is 2.36 bits per heavy atom. The van der Waals surface area contributed by atoms with Crippen molar-refractivity contribution >= 4 is 5.91 Å². The highest BCUT2D eigenvalue weighted by atomic mass is 16.5. The molecular formula is C20H26N2O3. The minimum Gasteiger partial charge on any atom is -0.371 e. The molecule has 0 aliphatic rings. The van der Waals surface area contributed by atoms with Gasteiger partial charge in [0.05, 0.1) is 12.2 Å². The number of aromatic amines is 1. The molecule has 2 rings (SSSR count). The predicted molar refractivity (Wildman–Crippen MR) is 98.8 cm³/mol. The molecular weight excluding hydrogens is 316 g/mol. The van der Waals surface area contributed by atoms with Crippen LogP contribution in [0.2, 0.25) is 0 Å². The lowest BCUT2D eigenvalue weighted by Crippen LogP contribution is -2.27. The summed E-state index contributed by atoms with van der Waals surface area (Å²) in [5.41, 5.74) is 3.68. The van der Waals surface area contributed by atoms with E-state index < -0.39 is 0 Å². The van der Waals surface area contributed by atoms with E-state index in [1.165, 1.54) is 0 Å². The highest BCUT2D eigenvalue weighted by Crippen LogP contribution is 2.19. The van der Waals surface area contributed by atoms with Gasteiger partial charge in [0.1, 0.15) is 0 Å². The third-order valence-electron chi connectivity index (χ3n) is 4.04. The molecule has 0 aliphatic carbocycles. The number of aromatic nitrogens is 1. The lowest BCUT2D eigenvalue weighted by atomic mass is 10.1. The molecule has 1 aromatic carbocycles. The summed E-state index contributed by atoms with van der Waals surface area (Å²) >= 11 is 0. The van der Waals surface area contributed by atoms with E-state index >= 15 is 0 Å². The molecule has 0 aliphatic heterocycles. The number of hydrogen-bond acceptors (Lipinski definition) is 3. The van der Waals surface area contributed by atoms with Crippen molar-refractivity contribution in [2.45, 2.75) is 53.4 Å². The first-order valence-electron chi connectivity index (χ1n) is 8.51. The number of ether oxygens (including phenoxy) is 1. The van der Waals surface area contributed by atoms with Crippen LogP contribution in [0.15, 0.2) is 35.1 Å². The standard InChI is InChI=1S/C20H26N2O3/c1-12(2)25-15(5)16-6-8-17(9-7-16)19(23)21-11-18-13(3)10-14(4)22-20(18)24/h6-10,12,15H,11H2,1-5H3,(H,21,23)(H,22,24). The Hall–Kier alpha value is -2.40. The molecule has 0 spiro atoms. The molecule has 2 N–H and O–H groups in total. The van der Waals surface area contributed by atoms with Crippen LogP contribution in [0.1, 0.15) is 59.6 Å². The Morgan fingerprint density at radius 2 is 1.80 bits per heavy atom. The van der Waals surface area contributed by atoms with Crippen LogP contribution in [0.5, 0.6) is 0 Å². The second kappa shape index (κ2) is 8.12. The number of H-pyrrole nitrogens is 1. The number of nitrogens with one attached hydrogen (secondary N) is 2. The smallest absolute Gasteiger partial charge is 0.253 e. The summed E-state index contributed by atoms with van der Waals surface area (Å²) in [5.74, 6) is -0.205. The van der Waals surface area contributed by atoms with E-state index in [1.54, 1.807) is 12.1 Å². The molecule has 0 saturated heterocycles. The second-order valence-electron chi connectivity index (χ2n) is 6.57. The van der Waals surface area contributed by atoms with Gasteiger partial charge in [-0.3, -0.25) is 9.59 Å². The molecule has 1 amide bonds. The van der Waals surface area contributed by atoms with Gasteiger partial charge in [0, 0.05) is 23.4 Å². The van der Waals surface area contributed by atoms with Crippen molar-refractivity contribution in [1.82, 2.24) is 10.3 Å². The minimum atomic E-state index is -0.205. The number of pyridine rings is 1. The van der Waals surface area contributed by atoms with Gasteiger partial charge in [0.15, 0.2) is 0 Å². The quantitative estimate of drug-likeness (QED) is 0.845. The molecule has 134 valence electrons. The van der Waals surface area contributed by atoms with Crippen molar-refractivity contribution in [3.8, 4) is 0 Å². The SMILES string of the molecule is Cc1cc(C)c(CNC(=O)c2ccc(C(C)OC(C)C)cc2)c(=O)[nH]1. The van der Waals surface area contributed by atoms with E-state index in [-0.39, 0.29) is 30.2 Å². The molecule has 5 heteroatoms. The van der Waals surface area contributed by atoms with Gasteiger partial charge in [-0.05, 0) is 63.9 Å². The van der Waals surface area contributed by atoms with Crippen LogP contribution in [0, 0.1) is 13.8 Å². The number of carbonyl (C=O) groups excluding carboxylic acids is 1. The Kier molecular flexibility index (Phi) is 6.15. The fourth-order valence-corrected chi connectivity index (χ4v) is 2.76. The van der Waals surface area contributed by atoms with Crippen LogP contribution in [0.4, 0.5) is 0 Å². The molecule has 1 atom stereocenters. The first-order valence-corrected chi connectivity index (χ1v) is 8.51. The van der Waals surface area contributed by atoms with Gasteiger partial charge >= 0.3 is 0 Å². The third-order valence-corrected chi connectivity index (χ3v) is 4.04. The normalized spacial score (nSPS) is 12.2. The topological polar surface area (TPSA) is 71.2 Å². The van der Waals surface area contributed by atoms with E-state index in [2.05, 4.69) is 10.3 Å². The Balaban J connectivity index is 2.03. The molecule has 25 heavy (non-hydrogen) atoms. The maximum atomic E-state index is 12.3. The van der Waals surface area contributed by atoms with Crippen LogP contribution in [0.3, 0.4) is 0 Å². The van der Waals surface area contributed by atoms with E-state index in [0.29, 0.717) is 11.1 Å². The van der Waals surface area contributed by atoms with Crippen molar-refractivity contribution in [3.05, 3.63) is 68.6 Å². The molecule has 1 aromatic heterocycles. The number of benzene rings is 1.